The van der Waals surface area contributed by atoms with Crippen LogP contribution in [0.4, 0.5) is 0 Å². The molecule has 3 nitrogen and oxygen atoms in total. The van der Waals surface area contributed by atoms with E-state index in [1.807, 2.05) is 62.3 Å². The van der Waals surface area contributed by atoms with Crippen LogP contribution in [-0.4, -0.2) is 35.9 Å². The monoisotopic (exact) mass is 292 g/mol. The second kappa shape index (κ2) is 5.78. The zero-order chi connectivity index (χ0) is 15.7. The van der Waals surface area contributed by atoms with Gasteiger partial charge in [0.25, 0.3) is 0 Å². The third-order valence-corrected chi connectivity index (χ3v) is 3.86. The first-order valence-electron chi connectivity index (χ1n) is 7.43. The second-order valence-electron chi connectivity index (χ2n) is 5.81. The summed E-state index contributed by atoms with van der Waals surface area (Å²) < 4.78 is 2.16. The fraction of sp³-hybridized carbons (Fsp3) is 0.211. The average Bonchev–Trinajstić information content (AvgIpc) is 2.79. The maximum Gasteiger partial charge on any atom is 0.179 e. The Hall–Kier alpha value is -2.39. The third kappa shape index (κ3) is 2.44. The van der Waals surface area contributed by atoms with Gasteiger partial charge in [-0.25, -0.2) is 0 Å². The molecule has 3 heteroatoms. The molecule has 3 aromatic rings. The predicted molar refractivity (Wildman–Crippen MR) is 90.9 cm³/mol. The number of nitrogens with zero attached hydrogens (tertiary/aromatic N) is 2. The molecule has 0 bridgehead atoms. The summed E-state index contributed by atoms with van der Waals surface area (Å²) in [5.74, 6) is 0.161. The second-order valence-corrected chi connectivity index (χ2v) is 5.81. The van der Waals surface area contributed by atoms with Crippen LogP contribution in [0.2, 0.25) is 0 Å². The third-order valence-electron chi connectivity index (χ3n) is 3.86. The van der Waals surface area contributed by atoms with Crippen molar-refractivity contribution in [3.8, 4) is 5.69 Å². The lowest BCUT2D eigenvalue weighted by atomic mass is 10.1. The maximum atomic E-state index is 12.7. The Morgan fingerprint density at radius 2 is 1.64 bits per heavy atom. The van der Waals surface area contributed by atoms with E-state index >= 15 is 0 Å². The lowest BCUT2D eigenvalue weighted by Crippen LogP contribution is -2.22. The Balaban J connectivity index is 2.27. The van der Waals surface area contributed by atoms with Gasteiger partial charge >= 0.3 is 0 Å². The molecule has 112 valence electrons. The van der Waals surface area contributed by atoms with Crippen LogP contribution in [-0.2, 0) is 0 Å². The molecule has 1 aromatic heterocycles. The molecule has 0 N–H and O–H groups in total. The van der Waals surface area contributed by atoms with Gasteiger partial charge in [0.15, 0.2) is 5.78 Å². The van der Waals surface area contributed by atoms with E-state index in [-0.39, 0.29) is 5.78 Å². The smallest absolute Gasteiger partial charge is 0.179 e. The van der Waals surface area contributed by atoms with Gasteiger partial charge in [-0.15, -0.1) is 0 Å². The standard InChI is InChI=1S/C19H20N2O/c1-14-19(18(22)13-20(2)3)16-11-7-8-12-17(16)21(14)15-9-5-4-6-10-15/h4-12H,13H2,1-3H3. The van der Waals surface area contributed by atoms with Crippen LogP contribution >= 0.6 is 0 Å². The molecule has 1 heterocycles. The van der Waals surface area contributed by atoms with Gasteiger partial charge in [0.2, 0.25) is 0 Å². The molecule has 0 unspecified atom stereocenters. The minimum absolute atomic E-state index is 0.161. The van der Waals surface area contributed by atoms with Gasteiger partial charge in [0.05, 0.1) is 12.1 Å². The number of ketones is 1. The van der Waals surface area contributed by atoms with Crippen LogP contribution in [0.25, 0.3) is 16.6 Å². The van der Waals surface area contributed by atoms with Crippen LogP contribution in [0.3, 0.4) is 0 Å². The number of hydrogen-bond donors (Lipinski definition) is 0. The van der Waals surface area contributed by atoms with E-state index in [1.165, 1.54) is 0 Å². The summed E-state index contributed by atoms with van der Waals surface area (Å²) in [5, 5.41) is 1.02. The van der Waals surface area contributed by atoms with Crippen molar-refractivity contribution in [2.75, 3.05) is 20.6 Å². The van der Waals surface area contributed by atoms with E-state index in [2.05, 4.69) is 22.8 Å². The predicted octanol–water partition coefficient (Wildman–Crippen LogP) is 3.68. The molecule has 0 amide bonds. The summed E-state index contributed by atoms with van der Waals surface area (Å²) in [5.41, 5.74) is 3.99. The lowest BCUT2D eigenvalue weighted by molar-refractivity contribution is 0.0959. The van der Waals surface area contributed by atoms with Crippen molar-refractivity contribution in [3.63, 3.8) is 0 Å². The van der Waals surface area contributed by atoms with E-state index in [0.29, 0.717) is 6.54 Å². The number of likely N-dealkylation sites (N-methyl/N-ethyl adjacent to an activating group) is 1. The molecule has 0 aliphatic heterocycles. The first-order valence-corrected chi connectivity index (χ1v) is 7.43. The molecule has 0 aliphatic carbocycles. The summed E-state index contributed by atoms with van der Waals surface area (Å²) >= 11 is 0. The Morgan fingerprint density at radius 3 is 2.32 bits per heavy atom. The number of benzene rings is 2. The number of para-hydroxylation sites is 2. The minimum atomic E-state index is 0.161. The molecule has 0 aliphatic rings. The summed E-state index contributed by atoms with van der Waals surface area (Å²) in [4.78, 5) is 14.6. The molecule has 0 radical (unpaired) electrons. The highest BCUT2D eigenvalue weighted by Crippen LogP contribution is 2.29. The molecule has 0 fully saturated rings. The maximum absolute atomic E-state index is 12.7. The molecular weight excluding hydrogens is 272 g/mol. The molecule has 0 saturated carbocycles. The van der Waals surface area contributed by atoms with Gasteiger partial charge in [-0.05, 0) is 39.2 Å². The Morgan fingerprint density at radius 1 is 1.00 bits per heavy atom. The average molecular weight is 292 g/mol. The summed E-state index contributed by atoms with van der Waals surface area (Å²) in [7, 11) is 3.84. The van der Waals surface area contributed by atoms with Gasteiger partial charge in [0.1, 0.15) is 0 Å². The zero-order valence-corrected chi connectivity index (χ0v) is 13.2. The first kappa shape index (κ1) is 14.5. The fourth-order valence-corrected chi connectivity index (χ4v) is 3.00. The van der Waals surface area contributed by atoms with Gasteiger partial charge in [-0.3, -0.25) is 4.79 Å². The highest BCUT2D eigenvalue weighted by atomic mass is 16.1. The lowest BCUT2D eigenvalue weighted by Gasteiger charge is -2.10. The molecule has 0 spiro atoms. The fourth-order valence-electron chi connectivity index (χ4n) is 3.00. The number of Topliss-reactive ketones (excluding diaryl/α,β-unsaturated/α-hetero) is 1. The number of rotatable bonds is 4. The molecule has 22 heavy (non-hydrogen) atoms. The topological polar surface area (TPSA) is 25.2 Å². The summed E-state index contributed by atoms with van der Waals surface area (Å²) in [6.07, 6.45) is 0. The number of fused-ring (bicyclic) bond motifs is 1. The van der Waals surface area contributed by atoms with Crippen molar-refractivity contribution in [3.05, 3.63) is 65.9 Å². The number of carbonyl (C=O) groups excluding carboxylic acids is 1. The Labute approximate surface area is 130 Å². The summed E-state index contributed by atoms with van der Waals surface area (Å²) in [6.45, 7) is 2.44. The number of hydrogen-bond acceptors (Lipinski definition) is 2. The molecule has 2 aromatic carbocycles. The van der Waals surface area contributed by atoms with Gasteiger partial charge < -0.3 is 9.47 Å². The van der Waals surface area contributed by atoms with Crippen molar-refractivity contribution < 1.29 is 4.79 Å². The van der Waals surface area contributed by atoms with Gasteiger partial charge in [-0.2, -0.15) is 0 Å². The van der Waals surface area contributed by atoms with E-state index in [4.69, 9.17) is 0 Å². The van der Waals surface area contributed by atoms with E-state index < -0.39 is 0 Å². The van der Waals surface area contributed by atoms with Crippen LogP contribution < -0.4 is 0 Å². The van der Waals surface area contributed by atoms with Crippen LogP contribution in [0.5, 0.6) is 0 Å². The van der Waals surface area contributed by atoms with Crippen molar-refractivity contribution >= 4 is 16.7 Å². The molecule has 0 saturated heterocycles. The highest BCUT2D eigenvalue weighted by Gasteiger charge is 2.20. The van der Waals surface area contributed by atoms with E-state index in [9.17, 15) is 4.79 Å². The summed E-state index contributed by atoms with van der Waals surface area (Å²) in [6, 6.07) is 18.3. The number of aromatic nitrogens is 1. The van der Waals surface area contributed by atoms with Crippen LogP contribution in [0.15, 0.2) is 54.6 Å². The van der Waals surface area contributed by atoms with Gasteiger partial charge in [-0.1, -0.05) is 36.4 Å². The quantitative estimate of drug-likeness (QED) is 0.685. The molecule has 3 rings (SSSR count). The van der Waals surface area contributed by atoms with Gasteiger partial charge in [0, 0.05) is 22.3 Å². The van der Waals surface area contributed by atoms with Crippen molar-refractivity contribution in [2.24, 2.45) is 0 Å². The molecular formula is C19H20N2O. The minimum Gasteiger partial charge on any atom is -0.313 e. The zero-order valence-electron chi connectivity index (χ0n) is 13.2. The van der Waals surface area contributed by atoms with E-state index in [0.717, 1.165) is 27.8 Å². The SMILES string of the molecule is Cc1c(C(=O)CN(C)C)c2ccccc2n1-c1ccccc1. The highest BCUT2D eigenvalue weighted by molar-refractivity contribution is 6.10. The van der Waals surface area contributed by atoms with Crippen molar-refractivity contribution in [1.29, 1.82) is 0 Å². The van der Waals surface area contributed by atoms with E-state index in [1.54, 1.807) is 0 Å². The normalized spacial score (nSPS) is 11.3. The van der Waals surface area contributed by atoms with Crippen LogP contribution in [0.1, 0.15) is 16.1 Å². The molecule has 0 atom stereocenters. The van der Waals surface area contributed by atoms with Crippen LogP contribution in [0, 0.1) is 6.92 Å². The first-order chi connectivity index (χ1) is 10.6. The van der Waals surface area contributed by atoms with Crippen molar-refractivity contribution in [1.82, 2.24) is 9.47 Å². The Kier molecular flexibility index (Phi) is 3.82. The largest absolute Gasteiger partial charge is 0.313 e. The number of carbonyl (C=O) groups is 1. The van der Waals surface area contributed by atoms with Crippen molar-refractivity contribution in [2.45, 2.75) is 6.92 Å². The Bertz CT molecular complexity index is 816.